The summed E-state index contributed by atoms with van der Waals surface area (Å²) in [5.74, 6) is -0.129. The van der Waals surface area contributed by atoms with Gasteiger partial charge >= 0.3 is 5.97 Å². The highest BCUT2D eigenvalue weighted by Crippen LogP contribution is 2.44. The standard InChI is InChI=1S/C15H19NO2/c1-4-12-10-11-16(2)15(12,14(17)18-3)13-8-6-5-7-9-13/h4-9,12H,1,10-11H2,2-3H3/t12-,15-/m1/s1. The van der Waals surface area contributed by atoms with Gasteiger partial charge < -0.3 is 4.74 Å². The van der Waals surface area contributed by atoms with Crippen molar-refractivity contribution in [1.82, 2.24) is 4.90 Å². The van der Waals surface area contributed by atoms with Gasteiger partial charge in [-0.3, -0.25) is 4.90 Å². The van der Waals surface area contributed by atoms with E-state index >= 15 is 0 Å². The molecule has 0 aromatic heterocycles. The third kappa shape index (κ3) is 1.66. The fourth-order valence-corrected chi connectivity index (χ4v) is 3.00. The molecule has 3 nitrogen and oxygen atoms in total. The zero-order valence-electron chi connectivity index (χ0n) is 10.9. The molecule has 0 N–H and O–H groups in total. The Morgan fingerprint density at radius 3 is 2.72 bits per heavy atom. The van der Waals surface area contributed by atoms with E-state index in [-0.39, 0.29) is 11.9 Å². The normalized spacial score (nSPS) is 28.0. The Morgan fingerprint density at radius 2 is 2.17 bits per heavy atom. The van der Waals surface area contributed by atoms with Crippen LogP contribution < -0.4 is 0 Å². The van der Waals surface area contributed by atoms with Gasteiger partial charge in [-0.05, 0) is 25.6 Å². The first-order chi connectivity index (χ1) is 8.67. The molecular weight excluding hydrogens is 226 g/mol. The average molecular weight is 245 g/mol. The fraction of sp³-hybridized carbons (Fsp3) is 0.400. The van der Waals surface area contributed by atoms with Gasteiger partial charge in [0.15, 0.2) is 5.54 Å². The lowest BCUT2D eigenvalue weighted by atomic mass is 9.78. The summed E-state index contributed by atoms with van der Waals surface area (Å²) < 4.78 is 5.07. The van der Waals surface area contributed by atoms with Crippen LogP contribution >= 0.6 is 0 Å². The van der Waals surface area contributed by atoms with Crippen molar-refractivity contribution in [2.24, 2.45) is 5.92 Å². The summed E-state index contributed by atoms with van der Waals surface area (Å²) in [6.45, 7) is 4.74. The maximum atomic E-state index is 12.4. The molecule has 2 atom stereocenters. The number of likely N-dealkylation sites (N-methyl/N-ethyl adjacent to an activating group) is 1. The zero-order chi connectivity index (χ0) is 13.2. The molecule has 18 heavy (non-hydrogen) atoms. The van der Waals surface area contributed by atoms with Crippen LogP contribution in [0.15, 0.2) is 43.0 Å². The second-order valence-corrected chi connectivity index (χ2v) is 4.68. The number of hydrogen-bond donors (Lipinski definition) is 0. The third-order valence-corrected chi connectivity index (χ3v) is 3.91. The van der Waals surface area contributed by atoms with Gasteiger partial charge in [0.2, 0.25) is 0 Å². The number of nitrogens with zero attached hydrogens (tertiary/aromatic N) is 1. The van der Waals surface area contributed by atoms with Gasteiger partial charge in [0.05, 0.1) is 7.11 Å². The smallest absolute Gasteiger partial charge is 0.331 e. The number of benzene rings is 1. The molecule has 1 aliphatic heterocycles. The minimum atomic E-state index is -0.724. The van der Waals surface area contributed by atoms with Crippen LogP contribution in [-0.2, 0) is 15.1 Å². The molecule has 0 aliphatic carbocycles. The van der Waals surface area contributed by atoms with Crippen LogP contribution in [0.1, 0.15) is 12.0 Å². The molecule has 0 saturated carbocycles. The van der Waals surface area contributed by atoms with Gasteiger partial charge in [0, 0.05) is 5.92 Å². The van der Waals surface area contributed by atoms with Crippen molar-refractivity contribution in [2.75, 3.05) is 20.7 Å². The van der Waals surface area contributed by atoms with Crippen molar-refractivity contribution in [3.05, 3.63) is 48.6 Å². The van der Waals surface area contributed by atoms with Crippen molar-refractivity contribution < 1.29 is 9.53 Å². The van der Waals surface area contributed by atoms with Crippen LogP contribution in [0.25, 0.3) is 0 Å². The van der Waals surface area contributed by atoms with E-state index in [1.54, 1.807) is 0 Å². The lowest BCUT2D eigenvalue weighted by Gasteiger charge is -2.37. The molecule has 1 fully saturated rings. The van der Waals surface area contributed by atoms with Crippen molar-refractivity contribution in [3.63, 3.8) is 0 Å². The minimum Gasteiger partial charge on any atom is -0.467 e. The van der Waals surface area contributed by atoms with E-state index in [0.29, 0.717) is 0 Å². The van der Waals surface area contributed by atoms with Crippen LogP contribution in [0.2, 0.25) is 0 Å². The van der Waals surface area contributed by atoms with Gasteiger partial charge in [-0.2, -0.15) is 0 Å². The molecule has 1 saturated heterocycles. The van der Waals surface area contributed by atoms with Gasteiger partial charge in [-0.15, -0.1) is 6.58 Å². The molecule has 2 rings (SSSR count). The van der Waals surface area contributed by atoms with Crippen molar-refractivity contribution in [2.45, 2.75) is 12.0 Å². The Kier molecular flexibility index (Phi) is 3.53. The highest BCUT2D eigenvalue weighted by molar-refractivity contribution is 5.84. The summed E-state index contributed by atoms with van der Waals surface area (Å²) in [6, 6.07) is 9.81. The highest BCUT2D eigenvalue weighted by atomic mass is 16.5. The number of likely N-dealkylation sites (tertiary alicyclic amines) is 1. The maximum absolute atomic E-state index is 12.4. The molecule has 0 bridgehead atoms. The SMILES string of the molecule is C=C[C@@H]1CCN(C)[C@@]1(C(=O)OC)c1ccccc1. The van der Waals surface area contributed by atoms with E-state index in [0.717, 1.165) is 18.5 Å². The van der Waals surface area contributed by atoms with Crippen molar-refractivity contribution >= 4 is 5.97 Å². The third-order valence-electron chi connectivity index (χ3n) is 3.91. The summed E-state index contributed by atoms with van der Waals surface area (Å²) in [5, 5.41) is 0. The molecule has 1 heterocycles. The van der Waals surface area contributed by atoms with E-state index in [9.17, 15) is 4.79 Å². The van der Waals surface area contributed by atoms with Crippen molar-refractivity contribution in [3.8, 4) is 0 Å². The Labute approximate surface area is 108 Å². The quantitative estimate of drug-likeness (QED) is 0.604. The van der Waals surface area contributed by atoms with E-state index in [4.69, 9.17) is 4.74 Å². The molecule has 0 amide bonds. The van der Waals surface area contributed by atoms with Crippen LogP contribution in [0.4, 0.5) is 0 Å². The monoisotopic (exact) mass is 245 g/mol. The van der Waals surface area contributed by atoms with E-state index in [1.807, 2.05) is 43.5 Å². The molecule has 96 valence electrons. The number of carbonyl (C=O) groups is 1. The summed E-state index contributed by atoms with van der Waals surface area (Å²) in [4.78, 5) is 14.5. The number of ether oxygens (including phenoxy) is 1. The Hall–Kier alpha value is -1.61. The molecule has 1 aromatic rings. The second-order valence-electron chi connectivity index (χ2n) is 4.68. The summed E-state index contributed by atoms with van der Waals surface area (Å²) in [5.41, 5.74) is 0.249. The largest absolute Gasteiger partial charge is 0.467 e. The first-order valence-corrected chi connectivity index (χ1v) is 6.15. The predicted molar refractivity (Wildman–Crippen MR) is 71.1 cm³/mol. The lowest BCUT2D eigenvalue weighted by molar-refractivity contribution is -0.155. The van der Waals surface area contributed by atoms with Gasteiger partial charge in [-0.1, -0.05) is 36.4 Å². The van der Waals surface area contributed by atoms with E-state index in [1.165, 1.54) is 7.11 Å². The molecular formula is C15H19NO2. The number of hydrogen-bond acceptors (Lipinski definition) is 3. The first kappa shape index (κ1) is 12.8. The Morgan fingerprint density at radius 1 is 1.50 bits per heavy atom. The Bertz CT molecular complexity index is 443. The number of carbonyl (C=O) groups excluding carboxylic acids is 1. The highest BCUT2D eigenvalue weighted by Gasteiger charge is 2.53. The second kappa shape index (κ2) is 4.94. The average Bonchev–Trinajstić information content (AvgIpc) is 2.76. The number of methoxy groups -OCH3 is 1. The van der Waals surface area contributed by atoms with Crippen LogP contribution in [-0.4, -0.2) is 31.6 Å². The van der Waals surface area contributed by atoms with E-state index < -0.39 is 5.54 Å². The molecule has 0 radical (unpaired) electrons. The predicted octanol–water partition coefficient (Wildman–Crippen LogP) is 2.19. The molecule has 1 aliphatic rings. The summed E-state index contributed by atoms with van der Waals surface area (Å²) in [7, 11) is 3.41. The topological polar surface area (TPSA) is 29.5 Å². The van der Waals surface area contributed by atoms with Crippen molar-refractivity contribution in [1.29, 1.82) is 0 Å². The molecule has 0 unspecified atom stereocenters. The summed E-state index contributed by atoms with van der Waals surface area (Å²) in [6.07, 6.45) is 2.79. The fourth-order valence-electron chi connectivity index (χ4n) is 3.00. The molecule has 3 heteroatoms. The van der Waals surface area contributed by atoms with Gasteiger partial charge in [0.25, 0.3) is 0 Å². The van der Waals surface area contributed by atoms with Crippen LogP contribution in [0.3, 0.4) is 0 Å². The zero-order valence-corrected chi connectivity index (χ0v) is 10.9. The number of rotatable bonds is 3. The summed E-state index contributed by atoms with van der Waals surface area (Å²) >= 11 is 0. The lowest BCUT2D eigenvalue weighted by Crippen LogP contribution is -2.50. The molecule has 0 spiro atoms. The van der Waals surface area contributed by atoms with E-state index in [2.05, 4.69) is 11.5 Å². The molecule has 1 aromatic carbocycles. The number of esters is 1. The van der Waals surface area contributed by atoms with Crippen LogP contribution in [0, 0.1) is 5.92 Å². The Balaban J connectivity index is 2.60. The first-order valence-electron chi connectivity index (χ1n) is 6.15. The maximum Gasteiger partial charge on any atom is 0.331 e. The minimum absolute atomic E-state index is 0.0809. The van der Waals surface area contributed by atoms with Crippen LogP contribution in [0.5, 0.6) is 0 Å². The van der Waals surface area contributed by atoms with Gasteiger partial charge in [-0.25, -0.2) is 4.79 Å². The van der Waals surface area contributed by atoms with Gasteiger partial charge in [0.1, 0.15) is 0 Å².